The Hall–Kier alpha value is -1.28. The summed E-state index contributed by atoms with van der Waals surface area (Å²) in [7, 11) is 2.00. The summed E-state index contributed by atoms with van der Waals surface area (Å²) in [5.41, 5.74) is 2.54. The van der Waals surface area contributed by atoms with Gasteiger partial charge < -0.3 is 4.57 Å². The van der Waals surface area contributed by atoms with E-state index in [9.17, 15) is 0 Å². The summed E-state index contributed by atoms with van der Waals surface area (Å²) in [5.74, 6) is 0. The molecule has 3 heteroatoms. The zero-order valence-corrected chi connectivity index (χ0v) is 10.8. The molecule has 0 atom stereocenters. The van der Waals surface area contributed by atoms with Crippen LogP contribution in [0.4, 0.5) is 0 Å². The van der Waals surface area contributed by atoms with E-state index in [1.54, 1.807) is 0 Å². The molecule has 0 spiro atoms. The molecule has 0 aliphatic rings. The van der Waals surface area contributed by atoms with Crippen molar-refractivity contribution >= 4 is 11.6 Å². The highest BCUT2D eigenvalue weighted by molar-refractivity contribution is 6.30. The van der Waals surface area contributed by atoms with Crippen molar-refractivity contribution in [1.82, 2.24) is 9.55 Å². The molecule has 0 fully saturated rings. The van der Waals surface area contributed by atoms with E-state index in [1.165, 1.54) is 24.1 Å². The number of imidazole rings is 1. The van der Waals surface area contributed by atoms with Gasteiger partial charge in [-0.25, -0.2) is 4.98 Å². The first-order valence-corrected chi connectivity index (χ1v) is 6.33. The number of benzene rings is 1. The number of aromatic nitrogens is 2. The van der Waals surface area contributed by atoms with Gasteiger partial charge in [0.05, 0.1) is 12.0 Å². The maximum atomic E-state index is 5.84. The van der Waals surface area contributed by atoms with Crippen LogP contribution in [0, 0.1) is 0 Å². The highest BCUT2D eigenvalue weighted by Crippen LogP contribution is 2.12. The molecule has 2 aromatic rings. The lowest BCUT2D eigenvalue weighted by atomic mass is 10.1. The van der Waals surface area contributed by atoms with E-state index < -0.39 is 0 Å². The van der Waals surface area contributed by atoms with Crippen LogP contribution in [0.1, 0.15) is 24.1 Å². The van der Waals surface area contributed by atoms with Crippen molar-refractivity contribution in [1.29, 1.82) is 0 Å². The SMILES string of the molecule is Cn1cnc(CCCCc2ccc(Cl)cc2)c1. The van der Waals surface area contributed by atoms with Gasteiger partial charge in [0.25, 0.3) is 0 Å². The quantitative estimate of drug-likeness (QED) is 0.739. The van der Waals surface area contributed by atoms with E-state index in [2.05, 4.69) is 23.3 Å². The first kappa shape index (κ1) is 12.2. The third-order valence-corrected chi connectivity index (χ3v) is 3.07. The molecular weight excluding hydrogens is 232 g/mol. The number of hydrogen-bond acceptors (Lipinski definition) is 1. The first-order valence-electron chi connectivity index (χ1n) is 5.95. The molecule has 0 N–H and O–H groups in total. The Morgan fingerprint density at radius 1 is 1.12 bits per heavy atom. The molecule has 0 aliphatic carbocycles. The van der Waals surface area contributed by atoms with Gasteiger partial charge >= 0.3 is 0 Å². The molecule has 1 aromatic heterocycles. The number of aryl methyl sites for hydroxylation is 3. The predicted molar refractivity (Wildman–Crippen MR) is 71.3 cm³/mol. The van der Waals surface area contributed by atoms with Gasteiger partial charge in [-0.05, 0) is 43.4 Å². The lowest BCUT2D eigenvalue weighted by molar-refractivity contribution is 0.724. The lowest BCUT2D eigenvalue weighted by Crippen LogP contribution is -1.89. The molecule has 1 aromatic carbocycles. The van der Waals surface area contributed by atoms with Crippen molar-refractivity contribution in [3.8, 4) is 0 Å². The molecule has 0 saturated heterocycles. The number of hydrogen-bond donors (Lipinski definition) is 0. The van der Waals surface area contributed by atoms with Crippen molar-refractivity contribution < 1.29 is 0 Å². The fraction of sp³-hybridized carbons (Fsp3) is 0.357. The van der Waals surface area contributed by atoms with Crippen molar-refractivity contribution in [3.63, 3.8) is 0 Å². The first-order chi connectivity index (χ1) is 8.24. The standard InChI is InChI=1S/C14H17ClN2/c1-17-10-14(16-11-17)5-3-2-4-12-6-8-13(15)9-7-12/h6-11H,2-5H2,1H3. The normalized spacial score (nSPS) is 10.7. The van der Waals surface area contributed by atoms with Crippen LogP contribution in [0.15, 0.2) is 36.8 Å². The summed E-state index contributed by atoms with van der Waals surface area (Å²) in [6.07, 6.45) is 8.49. The Bertz CT molecular complexity index is 459. The zero-order valence-electron chi connectivity index (χ0n) is 10.1. The minimum Gasteiger partial charge on any atom is -0.340 e. The molecule has 0 amide bonds. The van der Waals surface area contributed by atoms with Crippen molar-refractivity contribution in [2.75, 3.05) is 0 Å². The summed E-state index contributed by atoms with van der Waals surface area (Å²) >= 11 is 5.84. The molecule has 0 saturated carbocycles. The van der Waals surface area contributed by atoms with Crippen molar-refractivity contribution in [2.24, 2.45) is 7.05 Å². The van der Waals surface area contributed by atoms with E-state index in [0.717, 1.165) is 17.9 Å². The van der Waals surface area contributed by atoms with Gasteiger partial charge in [0, 0.05) is 18.3 Å². The number of halogens is 1. The Labute approximate surface area is 107 Å². The second-order valence-electron chi connectivity index (χ2n) is 4.36. The topological polar surface area (TPSA) is 17.8 Å². The molecule has 17 heavy (non-hydrogen) atoms. The third-order valence-electron chi connectivity index (χ3n) is 2.82. The molecule has 0 unspecified atom stereocenters. The highest BCUT2D eigenvalue weighted by atomic mass is 35.5. The number of rotatable bonds is 5. The van der Waals surface area contributed by atoms with Crippen LogP contribution in [0.2, 0.25) is 5.02 Å². The van der Waals surface area contributed by atoms with Crippen molar-refractivity contribution in [2.45, 2.75) is 25.7 Å². The number of nitrogens with zero attached hydrogens (tertiary/aromatic N) is 2. The molecule has 0 radical (unpaired) electrons. The maximum Gasteiger partial charge on any atom is 0.0946 e. The summed E-state index contributed by atoms with van der Waals surface area (Å²) < 4.78 is 1.99. The van der Waals surface area contributed by atoms with Gasteiger partial charge in [0.1, 0.15) is 0 Å². The van der Waals surface area contributed by atoms with Crippen LogP contribution in [-0.4, -0.2) is 9.55 Å². The van der Waals surface area contributed by atoms with Crippen LogP contribution in [-0.2, 0) is 19.9 Å². The van der Waals surface area contributed by atoms with Gasteiger partial charge in [0.15, 0.2) is 0 Å². The van der Waals surface area contributed by atoms with Crippen LogP contribution >= 0.6 is 11.6 Å². The average Bonchev–Trinajstić information content (AvgIpc) is 2.73. The predicted octanol–water partition coefficient (Wildman–Crippen LogP) is 3.64. The van der Waals surface area contributed by atoms with Crippen LogP contribution in [0.25, 0.3) is 0 Å². The second kappa shape index (κ2) is 5.87. The molecule has 0 aliphatic heterocycles. The Balaban J connectivity index is 1.71. The summed E-state index contributed by atoms with van der Waals surface area (Å²) in [6, 6.07) is 8.11. The van der Waals surface area contributed by atoms with E-state index in [0.29, 0.717) is 0 Å². The molecule has 2 nitrogen and oxygen atoms in total. The average molecular weight is 249 g/mol. The van der Waals surface area contributed by atoms with E-state index in [4.69, 9.17) is 11.6 Å². The Morgan fingerprint density at radius 3 is 2.47 bits per heavy atom. The molecule has 2 rings (SSSR count). The number of unbranched alkanes of at least 4 members (excludes halogenated alkanes) is 1. The minimum atomic E-state index is 0.808. The van der Waals surface area contributed by atoms with Gasteiger partial charge in [-0.3, -0.25) is 0 Å². The second-order valence-corrected chi connectivity index (χ2v) is 4.80. The largest absolute Gasteiger partial charge is 0.340 e. The monoisotopic (exact) mass is 248 g/mol. The molecule has 90 valence electrons. The Morgan fingerprint density at radius 2 is 1.82 bits per heavy atom. The zero-order chi connectivity index (χ0) is 12.1. The van der Waals surface area contributed by atoms with Crippen LogP contribution < -0.4 is 0 Å². The molecular formula is C14H17ClN2. The van der Waals surface area contributed by atoms with Gasteiger partial charge in [-0.1, -0.05) is 23.7 Å². The van der Waals surface area contributed by atoms with E-state index >= 15 is 0 Å². The third kappa shape index (κ3) is 3.90. The smallest absolute Gasteiger partial charge is 0.0946 e. The van der Waals surface area contributed by atoms with Crippen LogP contribution in [0.3, 0.4) is 0 Å². The summed E-state index contributed by atoms with van der Waals surface area (Å²) in [4.78, 5) is 4.32. The van der Waals surface area contributed by atoms with Crippen molar-refractivity contribution in [3.05, 3.63) is 53.1 Å². The van der Waals surface area contributed by atoms with Gasteiger partial charge in [-0.2, -0.15) is 0 Å². The van der Waals surface area contributed by atoms with Crippen LogP contribution in [0.5, 0.6) is 0 Å². The summed E-state index contributed by atoms with van der Waals surface area (Å²) in [6.45, 7) is 0. The molecule has 1 heterocycles. The van der Waals surface area contributed by atoms with E-state index in [-0.39, 0.29) is 0 Å². The maximum absolute atomic E-state index is 5.84. The fourth-order valence-corrected chi connectivity index (χ4v) is 2.01. The van der Waals surface area contributed by atoms with Gasteiger partial charge in [-0.15, -0.1) is 0 Å². The summed E-state index contributed by atoms with van der Waals surface area (Å²) in [5, 5.41) is 0.808. The fourth-order valence-electron chi connectivity index (χ4n) is 1.88. The lowest BCUT2D eigenvalue weighted by Gasteiger charge is -2.01. The highest BCUT2D eigenvalue weighted by Gasteiger charge is 1.98. The van der Waals surface area contributed by atoms with Gasteiger partial charge in [0.2, 0.25) is 0 Å². The minimum absolute atomic E-state index is 0.808. The Kier molecular flexibility index (Phi) is 4.21. The van der Waals surface area contributed by atoms with E-state index in [1.807, 2.05) is 30.1 Å². The molecule has 0 bridgehead atoms.